The number of nitrogens with one attached hydrogen (secondary N) is 1. The van der Waals surface area contributed by atoms with Gasteiger partial charge in [0.25, 0.3) is 5.91 Å². The third-order valence-corrected chi connectivity index (χ3v) is 6.87. The second-order valence-electron chi connectivity index (χ2n) is 6.96. The van der Waals surface area contributed by atoms with Crippen molar-refractivity contribution >= 4 is 21.6 Å². The van der Waals surface area contributed by atoms with E-state index in [1.54, 1.807) is 18.2 Å². The molecule has 0 radical (unpaired) electrons. The van der Waals surface area contributed by atoms with Crippen molar-refractivity contribution in [2.24, 2.45) is 0 Å². The van der Waals surface area contributed by atoms with Gasteiger partial charge in [0.2, 0.25) is 10.0 Å². The van der Waals surface area contributed by atoms with Crippen molar-refractivity contribution in [2.75, 3.05) is 25.0 Å². The molecule has 2 aromatic carbocycles. The van der Waals surface area contributed by atoms with Crippen molar-refractivity contribution in [3.63, 3.8) is 0 Å². The molecule has 1 saturated heterocycles. The maximum atomic E-state index is 13.1. The van der Waals surface area contributed by atoms with E-state index in [2.05, 4.69) is 5.32 Å². The molecule has 1 heterocycles. The third-order valence-electron chi connectivity index (χ3n) is 4.95. The van der Waals surface area contributed by atoms with Gasteiger partial charge in [0, 0.05) is 24.3 Å². The van der Waals surface area contributed by atoms with Crippen LogP contribution < -0.4 is 10.1 Å². The van der Waals surface area contributed by atoms with Crippen LogP contribution in [0, 0.1) is 13.8 Å². The first-order valence-electron chi connectivity index (χ1n) is 9.48. The Bertz CT molecular complexity index is 980. The maximum Gasteiger partial charge on any atom is 0.255 e. The Morgan fingerprint density at radius 2 is 1.79 bits per heavy atom. The van der Waals surface area contributed by atoms with Gasteiger partial charge in [-0.1, -0.05) is 6.07 Å². The molecule has 1 aliphatic rings. The summed E-state index contributed by atoms with van der Waals surface area (Å²) in [5.74, 6) is 0.0235. The molecule has 0 atom stereocenters. The average molecular weight is 403 g/mol. The van der Waals surface area contributed by atoms with Gasteiger partial charge >= 0.3 is 0 Å². The molecule has 3 rings (SSSR count). The van der Waals surface area contributed by atoms with Crippen LogP contribution in [-0.4, -0.2) is 38.3 Å². The van der Waals surface area contributed by atoms with Crippen LogP contribution >= 0.6 is 0 Å². The molecule has 150 valence electrons. The van der Waals surface area contributed by atoms with Crippen LogP contribution in [-0.2, 0) is 10.0 Å². The normalized spacial score (nSPS) is 14.8. The van der Waals surface area contributed by atoms with E-state index < -0.39 is 10.0 Å². The highest BCUT2D eigenvalue weighted by atomic mass is 32.2. The Labute approximate surface area is 166 Å². The quantitative estimate of drug-likeness (QED) is 0.799. The van der Waals surface area contributed by atoms with Crippen LogP contribution in [0.3, 0.4) is 0 Å². The highest BCUT2D eigenvalue weighted by molar-refractivity contribution is 7.89. The first-order valence-corrected chi connectivity index (χ1v) is 10.9. The van der Waals surface area contributed by atoms with Crippen LogP contribution in [0.4, 0.5) is 5.69 Å². The smallest absolute Gasteiger partial charge is 0.255 e. The molecular formula is C21H26N2O4S. The zero-order chi connectivity index (χ0) is 20.3. The van der Waals surface area contributed by atoms with Gasteiger partial charge in [0.1, 0.15) is 10.6 Å². The van der Waals surface area contributed by atoms with Crippen LogP contribution in [0.5, 0.6) is 5.75 Å². The Balaban J connectivity index is 1.92. The summed E-state index contributed by atoms with van der Waals surface area (Å²) < 4.78 is 33.1. The van der Waals surface area contributed by atoms with Gasteiger partial charge in [0.05, 0.1) is 6.61 Å². The summed E-state index contributed by atoms with van der Waals surface area (Å²) in [6, 6.07) is 10.2. The fraction of sp³-hybridized carbons (Fsp3) is 0.381. The fourth-order valence-electron chi connectivity index (χ4n) is 3.22. The van der Waals surface area contributed by atoms with E-state index in [-0.39, 0.29) is 10.8 Å². The molecule has 0 aromatic heterocycles. The molecule has 2 aromatic rings. The lowest BCUT2D eigenvalue weighted by atomic mass is 10.1. The van der Waals surface area contributed by atoms with E-state index in [0.29, 0.717) is 36.7 Å². The number of carbonyl (C=O) groups excluding carboxylic acids is 1. The second-order valence-corrected chi connectivity index (χ2v) is 8.87. The molecule has 7 heteroatoms. The van der Waals surface area contributed by atoms with Crippen molar-refractivity contribution in [3.8, 4) is 5.75 Å². The number of ether oxygens (including phenoxy) is 1. The van der Waals surface area contributed by atoms with Gasteiger partial charge < -0.3 is 10.1 Å². The summed E-state index contributed by atoms with van der Waals surface area (Å²) in [5, 5.41) is 2.80. The summed E-state index contributed by atoms with van der Waals surface area (Å²) >= 11 is 0. The highest BCUT2D eigenvalue weighted by Gasteiger charge is 2.30. The number of benzene rings is 2. The van der Waals surface area contributed by atoms with Crippen molar-refractivity contribution < 1.29 is 17.9 Å². The van der Waals surface area contributed by atoms with Gasteiger partial charge in [-0.3, -0.25) is 4.79 Å². The lowest BCUT2D eigenvalue weighted by Crippen LogP contribution is -2.28. The Morgan fingerprint density at radius 1 is 1.07 bits per heavy atom. The van der Waals surface area contributed by atoms with E-state index in [1.165, 1.54) is 10.4 Å². The molecule has 0 bridgehead atoms. The predicted molar refractivity (Wildman–Crippen MR) is 109 cm³/mol. The van der Waals surface area contributed by atoms with E-state index in [0.717, 1.165) is 24.0 Å². The Morgan fingerprint density at radius 3 is 2.43 bits per heavy atom. The number of anilines is 1. The van der Waals surface area contributed by atoms with Crippen LogP contribution in [0.15, 0.2) is 41.3 Å². The van der Waals surface area contributed by atoms with E-state index in [9.17, 15) is 13.2 Å². The number of amides is 1. The largest absolute Gasteiger partial charge is 0.492 e. The molecule has 1 amide bonds. The highest BCUT2D eigenvalue weighted by Crippen LogP contribution is 2.31. The summed E-state index contributed by atoms with van der Waals surface area (Å²) in [6.07, 6.45) is 1.71. The van der Waals surface area contributed by atoms with Crippen molar-refractivity contribution in [1.29, 1.82) is 0 Å². The predicted octanol–water partition coefficient (Wildman–Crippen LogP) is 3.74. The summed E-state index contributed by atoms with van der Waals surface area (Å²) in [5.41, 5.74) is 3.08. The number of nitrogens with zero attached hydrogens (tertiary/aromatic N) is 1. The average Bonchev–Trinajstić information content (AvgIpc) is 3.21. The minimum Gasteiger partial charge on any atom is -0.492 e. The SMILES string of the molecule is CCOc1ccc(NC(=O)c2ccc(C)c(C)c2)cc1S(=O)(=O)N1CCCC1. The lowest BCUT2D eigenvalue weighted by Gasteiger charge is -2.19. The number of hydrogen-bond donors (Lipinski definition) is 1. The van der Waals surface area contributed by atoms with Gasteiger partial charge in [-0.05, 0) is 75.1 Å². The number of aryl methyl sites for hydroxylation is 2. The molecule has 28 heavy (non-hydrogen) atoms. The van der Waals surface area contributed by atoms with Gasteiger partial charge in [-0.15, -0.1) is 0 Å². The number of hydrogen-bond acceptors (Lipinski definition) is 4. The molecule has 1 aliphatic heterocycles. The molecule has 6 nitrogen and oxygen atoms in total. The third kappa shape index (κ3) is 4.20. The van der Waals surface area contributed by atoms with Crippen molar-refractivity contribution in [1.82, 2.24) is 4.31 Å². The second kappa shape index (κ2) is 8.32. The Hall–Kier alpha value is -2.38. The van der Waals surface area contributed by atoms with E-state index in [4.69, 9.17) is 4.74 Å². The standard InChI is InChI=1S/C21H26N2O4S/c1-4-27-19-10-9-18(14-20(19)28(25,26)23-11-5-6-12-23)22-21(24)17-8-7-15(2)16(3)13-17/h7-10,13-14H,4-6,11-12H2,1-3H3,(H,22,24). The van der Waals surface area contributed by atoms with Crippen molar-refractivity contribution in [3.05, 3.63) is 53.1 Å². The molecule has 1 N–H and O–H groups in total. The Kier molecular flexibility index (Phi) is 6.05. The van der Waals surface area contributed by atoms with Crippen LogP contribution in [0.1, 0.15) is 41.3 Å². The van der Waals surface area contributed by atoms with E-state index in [1.807, 2.05) is 32.9 Å². The first kappa shape index (κ1) is 20.4. The minimum atomic E-state index is -3.67. The van der Waals surface area contributed by atoms with Crippen molar-refractivity contribution in [2.45, 2.75) is 38.5 Å². The summed E-state index contributed by atoms with van der Waals surface area (Å²) in [6.45, 7) is 7.11. The minimum absolute atomic E-state index is 0.0918. The van der Waals surface area contributed by atoms with Gasteiger partial charge in [0.15, 0.2) is 0 Å². The zero-order valence-corrected chi connectivity index (χ0v) is 17.3. The van der Waals surface area contributed by atoms with Gasteiger partial charge in [-0.2, -0.15) is 4.31 Å². The van der Waals surface area contributed by atoms with Crippen LogP contribution in [0.2, 0.25) is 0 Å². The fourth-order valence-corrected chi connectivity index (χ4v) is 4.89. The topological polar surface area (TPSA) is 75.7 Å². The number of carbonyl (C=O) groups is 1. The number of rotatable bonds is 6. The summed E-state index contributed by atoms with van der Waals surface area (Å²) in [7, 11) is -3.67. The molecule has 0 saturated carbocycles. The summed E-state index contributed by atoms with van der Waals surface area (Å²) in [4.78, 5) is 12.7. The van der Waals surface area contributed by atoms with E-state index >= 15 is 0 Å². The number of sulfonamides is 1. The molecule has 1 fully saturated rings. The van der Waals surface area contributed by atoms with Crippen LogP contribution in [0.25, 0.3) is 0 Å². The molecule has 0 aliphatic carbocycles. The maximum absolute atomic E-state index is 13.1. The zero-order valence-electron chi connectivity index (χ0n) is 16.5. The molecular weight excluding hydrogens is 376 g/mol. The molecule has 0 spiro atoms. The van der Waals surface area contributed by atoms with Gasteiger partial charge in [-0.25, -0.2) is 8.42 Å². The molecule has 0 unspecified atom stereocenters. The lowest BCUT2D eigenvalue weighted by molar-refractivity contribution is 0.102. The first-order chi connectivity index (χ1) is 13.3. The monoisotopic (exact) mass is 402 g/mol.